The summed E-state index contributed by atoms with van der Waals surface area (Å²) in [4.78, 5) is 28.3. The van der Waals surface area contributed by atoms with Crippen molar-refractivity contribution in [3.63, 3.8) is 0 Å². The Morgan fingerprint density at radius 2 is 1.72 bits per heavy atom. The molecule has 2 N–H and O–H groups in total. The summed E-state index contributed by atoms with van der Waals surface area (Å²) in [6.07, 6.45) is 4.83. The molecule has 1 aliphatic rings. The van der Waals surface area contributed by atoms with Crippen LogP contribution in [0.1, 0.15) is 55.8 Å². The first-order valence-electron chi connectivity index (χ1n) is 13.3. The fourth-order valence-corrected chi connectivity index (χ4v) is 4.75. The molecule has 3 aromatic carbocycles. The first-order chi connectivity index (χ1) is 18.9. The Morgan fingerprint density at radius 1 is 0.949 bits per heavy atom. The van der Waals surface area contributed by atoms with Crippen LogP contribution in [0.2, 0.25) is 0 Å². The quantitative estimate of drug-likeness (QED) is 0.179. The number of carbonyl (C=O) groups is 2. The van der Waals surface area contributed by atoms with E-state index in [9.17, 15) is 9.59 Å². The zero-order chi connectivity index (χ0) is 27.6. The number of aryl methyl sites for hydroxylation is 3. The van der Waals surface area contributed by atoms with Crippen molar-refractivity contribution < 1.29 is 14.3 Å². The van der Waals surface area contributed by atoms with Gasteiger partial charge >= 0.3 is 0 Å². The highest BCUT2D eigenvalue weighted by molar-refractivity contribution is 9.10. The summed E-state index contributed by atoms with van der Waals surface area (Å²) in [6, 6.07) is 18.8. The highest BCUT2D eigenvalue weighted by atomic mass is 79.9. The largest absolute Gasteiger partial charge is 0.379 e. The lowest BCUT2D eigenvalue weighted by Gasteiger charge is -2.26. The zero-order valence-corrected chi connectivity index (χ0v) is 24.1. The minimum Gasteiger partial charge on any atom is -0.379 e. The highest BCUT2D eigenvalue weighted by Crippen LogP contribution is 2.22. The molecule has 7 nitrogen and oxygen atoms in total. The van der Waals surface area contributed by atoms with Crippen molar-refractivity contribution >= 4 is 39.6 Å². The number of morpholine rings is 1. The van der Waals surface area contributed by atoms with Crippen LogP contribution in [0, 0.1) is 13.8 Å². The molecule has 8 heteroatoms. The van der Waals surface area contributed by atoms with E-state index < -0.39 is 5.91 Å². The number of unbranched alkanes of at least 4 members (excludes halogenated alkanes) is 1. The molecule has 2 amide bonds. The van der Waals surface area contributed by atoms with Gasteiger partial charge in [0.2, 0.25) is 0 Å². The van der Waals surface area contributed by atoms with E-state index in [1.165, 1.54) is 11.1 Å². The second-order valence-electron chi connectivity index (χ2n) is 9.79. The number of halogens is 1. The molecule has 0 aromatic heterocycles. The first-order valence-corrected chi connectivity index (χ1v) is 14.1. The average molecular weight is 592 g/mol. The molecule has 0 unspecified atom stereocenters. The summed E-state index contributed by atoms with van der Waals surface area (Å²) in [6.45, 7) is 8.88. The summed E-state index contributed by atoms with van der Waals surface area (Å²) in [7, 11) is 0. The number of hydrogen-bond acceptors (Lipinski definition) is 5. The average Bonchev–Trinajstić information content (AvgIpc) is 2.95. The number of hydrogen-bond donors (Lipinski definition) is 2. The maximum absolute atomic E-state index is 13.0. The van der Waals surface area contributed by atoms with E-state index in [4.69, 9.17) is 4.74 Å². The maximum Gasteiger partial charge on any atom is 0.273 e. The van der Waals surface area contributed by atoms with Gasteiger partial charge in [0.25, 0.3) is 11.8 Å². The van der Waals surface area contributed by atoms with Crippen LogP contribution in [-0.4, -0.2) is 55.8 Å². The first kappa shape index (κ1) is 28.7. The number of rotatable bonds is 10. The molecular weight excluding hydrogens is 556 g/mol. The lowest BCUT2D eigenvalue weighted by molar-refractivity contribution is 0.0372. The van der Waals surface area contributed by atoms with Gasteiger partial charge in [-0.1, -0.05) is 46.3 Å². The molecule has 1 saturated heterocycles. The third-order valence-electron chi connectivity index (χ3n) is 6.89. The zero-order valence-electron chi connectivity index (χ0n) is 22.5. The standard InChI is InChI=1S/C31H35BrN4O3/c1-22-6-7-25(19-23(22)2)21-33-35-31(38)28-20-27(32)12-13-29(28)34-30(37)26-10-8-24(9-11-26)5-3-4-14-36-15-17-39-18-16-36/h6-13,19-21H,3-5,14-18H2,1-2H3,(H,34,37)(H,35,38)/b33-21+. The molecule has 0 aliphatic carbocycles. The van der Waals surface area contributed by atoms with E-state index in [-0.39, 0.29) is 5.91 Å². The summed E-state index contributed by atoms with van der Waals surface area (Å²) < 4.78 is 6.13. The van der Waals surface area contributed by atoms with E-state index in [0.29, 0.717) is 16.8 Å². The van der Waals surface area contributed by atoms with Crippen LogP contribution in [-0.2, 0) is 11.2 Å². The number of hydrazone groups is 1. The summed E-state index contributed by atoms with van der Waals surface area (Å²) in [5.41, 5.74) is 8.27. The predicted octanol–water partition coefficient (Wildman–Crippen LogP) is 5.74. The predicted molar refractivity (Wildman–Crippen MR) is 160 cm³/mol. The monoisotopic (exact) mass is 590 g/mol. The molecule has 39 heavy (non-hydrogen) atoms. The molecule has 0 spiro atoms. The second-order valence-corrected chi connectivity index (χ2v) is 10.7. The summed E-state index contributed by atoms with van der Waals surface area (Å²) >= 11 is 3.41. The topological polar surface area (TPSA) is 83.0 Å². The number of carbonyl (C=O) groups excluding carboxylic acids is 2. The maximum atomic E-state index is 13.0. The number of nitrogens with zero attached hydrogens (tertiary/aromatic N) is 2. The number of anilines is 1. The second kappa shape index (κ2) is 14.2. The van der Waals surface area contributed by atoms with Crippen LogP contribution < -0.4 is 10.7 Å². The Kier molecular flexibility index (Phi) is 10.4. The lowest BCUT2D eigenvalue weighted by atomic mass is 10.1. The molecule has 0 saturated carbocycles. The van der Waals surface area contributed by atoms with E-state index >= 15 is 0 Å². The fourth-order valence-electron chi connectivity index (χ4n) is 4.39. The molecule has 0 bridgehead atoms. The van der Waals surface area contributed by atoms with Crippen LogP contribution >= 0.6 is 15.9 Å². The lowest BCUT2D eigenvalue weighted by Crippen LogP contribution is -2.36. The molecular formula is C31H35BrN4O3. The van der Waals surface area contributed by atoms with Gasteiger partial charge in [-0.3, -0.25) is 14.5 Å². The van der Waals surface area contributed by atoms with Gasteiger partial charge in [0, 0.05) is 23.1 Å². The van der Waals surface area contributed by atoms with E-state index in [1.807, 2.05) is 56.3 Å². The Labute approximate surface area is 238 Å². The van der Waals surface area contributed by atoms with E-state index in [2.05, 4.69) is 36.7 Å². The Balaban J connectivity index is 1.32. The van der Waals surface area contributed by atoms with Gasteiger partial charge in [0.05, 0.1) is 30.7 Å². The van der Waals surface area contributed by atoms with Gasteiger partial charge in [-0.15, -0.1) is 0 Å². The third kappa shape index (κ3) is 8.58. The smallest absolute Gasteiger partial charge is 0.273 e. The third-order valence-corrected chi connectivity index (χ3v) is 7.39. The van der Waals surface area contributed by atoms with Gasteiger partial charge in [0.1, 0.15) is 0 Å². The van der Waals surface area contributed by atoms with Crippen LogP contribution in [0.3, 0.4) is 0 Å². The van der Waals surface area contributed by atoms with Gasteiger partial charge in [-0.25, -0.2) is 5.43 Å². The number of benzene rings is 3. The minimum absolute atomic E-state index is 0.274. The molecule has 1 aliphatic heterocycles. The van der Waals surface area contributed by atoms with Gasteiger partial charge < -0.3 is 10.1 Å². The molecule has 4 rings (SSSR count). The van der Waals surface area contributed by atoms with Crippen molar-refractivity contribution in [3.05, 3.63) is 98.5 Å². The molecule has 3 aromatic rings. The van der Waals surface area contributed by atoms with Crippen LogP contribution in [0.25, 0.3) is 0 Å². The normalized spacial score (nSPS) is 13.9. The van der Waals surface area contributed by atoms with Crippen LogP contribution in [0.4, 0.5) is 5.69 Å². The van der Waals surface area contributed by atoms with Crippen molar-refractivity contribution in [2.75, 3.05) is 38.2 Å². The number of amides is 2. The SMILES string of the molecule is Cc1ccc(/C=N/NC(=O)c2cc(Br)ccc2NC(=O)c2ccc(CCCCN3CCOCC3)cc2)cc1C. The van der Waals surface area contributed by atoms with E-state index in [0.717, 1.165) is 67.7 Å². The highest BCUT2D eigenvalue weighted by Gasteiger charge is 2.15. The fraction of sp³-hybridized carbons (Fsp3) is 0.323. The molecule has 0 radical (unpaired) electrons. The van der Waals surface area contributed by atoms with Gasteiger partial charge in [0.15, 0.2) is 0 Å². The molecule has 1 fully saturated rings. The van der Waals surface area contributed by atoms with Gasteiger partial charge in [-0.05, 0) is 92.2 Å². The number of ether oxygens (including phenoxy) is 1. The summed E-state index contributed by atoms with van der Waals surface area (Å²) in [5, 5.41) is 6.98. The van der Waals surface area contributed by atoms with Crippen LogP contribution in [0.15, 0.2) is 70.2 Å². The molecule has 204 valence electrons. The van der Waals surface area contributed by atoms with E-state index in [1.54, 1.807) is 24.4 Å². The van der Waals surface area contributed by atoms with Crippen molar-refractivity contribution in [3.8, 4) is 0 Å². The van der Waals surface area contributed by atoms with Crippen molar-refractivity contribution in [2.24, 2.45) is 5.10 Å². The van der Waals surface area contributed by atoms with Crippen molar-refractivity contribution in [1.82, 2.24) is 10.3 Å². The Morgan fingerprint density at radius 3 is 2.46 bits per heavy atom. The van der Waals surface area contributed by atoms with Gasteiger partial charge in [-0.2, -0.15) is 5.10 Å². The Bertz CT molecular complexity index is 1320. The van der Waals surface area contributed by atoms with Crippen molar-refractivity contribution in [1.29, 1.82) is 0 Å². The number of nitrogens with one attached hydrogen (secondary N) is 2. The molecule has 1 heterocycles. The summed E-state index contributed by atoms with van der Waals surface area (Å²) in [5.74, 6) is -0.692. The van der Waals surface area contributed by atoms with Crippen molar-refractivity contribution in [2.45, 2.75) is 33.1 Å². The molecule has 0 atom stereocenters. The Hall–Kier alpha value is -3.33. The minimum atomic E-state index is -0.417. The van der Waals surface area contributed by atoms with Crippen LogP contribution in [0.5, 0.6) is 0 Å².